The predicted molar refractivity (Wildman–Crippen MR) is 65.5 cm³/mol. The minimum Gasteiger partial charge on any atom is -0.293 e. The van der Waals surface area contributed by atoms with Crippen molar-refractivity contribution in [1.82, 2.24) is 0 Å². The van der Waals surface area contributed by atoms with Gasteiger partial charge in [0.15, 0.2) is 5.78 Å². The Balaban J connectivity index is 2.68. The standard InChI is InChI=1S/C11H11OPS/c1-7-8-4-2-3-5-10(8)14-11(7)9(12)6-13/h2-5H,6,13H2,1H3. The molecule has 0 N–H and O–H groups in total. The van der Waals surface area contributed by atoms with Crippen LogP contribution in [0.2, 0.25) is 0 Å². The minimum atomic E-state index is 0.216. The van der Waals surface area contributed by atoms with E-state index in [1.54, 1.807) is 11.3 Å². The Morgan fingerprint density at radius 3 is 2.79 bits per heavy atom. The van der Waals surface area contributed by atoms with E-state index in [0.717, 1.165) is 10.4 Å². The molecule has 1 atom stereocenters. The Hall–Kier alpha value is -0.720. The lowest BCUT2D eigenvalue weighted by atomic mass is 10.1. The van der Waals surface area contributed by atoms with Crippen LogP contribution in [0.25, 0.3) is 10.1 Å². The number of carbonyl (C=O) groups is 1. The van der Waals surface area contributed by atoms with Gasteiger partial charge in [-0.25, -0.2) is 0 Å². The Bertz CT molecular complexity index is 487. The summed E-state index contributed by atoms with van der Waals surface area (Å²) in [7, 11) is 2.48. The Labute approximate surface area is 89.3 Å². The van der Waals surface area contributed by atoms with E-state index in [-0.39, 0.29) is 5.78 Å². The molecule has 1 heterocycles. The third-order valence-electron chi connectivity index (χ3n) is 2.28. The van der Waals surface area contributed by atoms with E-state index in [4.69, 9.17) is 0 Å². The van der Waals surface area contributed by atoms with Crippen LogP contribution >= 0.6 is 20.6 Å². The molecular weight excluding hydrogens is 211 g/mol. The van der Waals surface area contributed by atoms with Crippen LogP contribution in [0.1, 0.15) is 15.2 Å². The molecule has 0 bridgehead atoms. The van der Waals surface area contributed by atoms with Crippen LogP contribution < -0.4 is 0 Å². The normalized spacial score (nSPS) is 10.7. The first-order valence-corrected chi connectivity index (χ1v) is 6.08. The number of carbonyl (C=O) groups excluding carboxylic acids is 1. The van der Waals surface area contributed by atoms with Gasteiger partial charge in [-0.2, -0.15) is 0 Å². The number of thiophene rings is 1. The van der Waals surface area contributed by atoms with Crippen LogP contribution in [0, 0.1) is 6.92 Å². The lowest BCUT2D eigenvalue weighted by molar-refractivity contribution is 0.102. The first kappa shape index (κ1) is 9.82. The first-order chi connectivity index (χ1) is 6.74. The third-order valence-corrected chi connectivity index (χ3v) is 3.97. The number of hydrogen-bond donors (Lipinski definition) is 0. The molecule has 72 valence electrons. The van der Waals surface area contributed by atoms with E-state index >= 15 is 0 Å². The van der Waals surface area contributed by atoms with Crippen molar-refractivity contribution in [2.24, 2.45) is 0 Å². The molecule has 1 nitrogen and oxygen atoms in total. The lowest BCUT2D eigenvalue weighted by Crippen LogP contribution is -1.97. The summed E-state index contributed by atoms with van der Waals surface area (Å²) in [4.78, 5) is 12.5. The number of benzene rings is 1. The fourth-order valence-corrected chi connectivity index (χ4v) is 3.04. The maximum Gasteiger partial charge on any atom is 0.176 e. The summed E-state index contributed by atoms with van der Waals surface area (Å²) in [5, 5.41) is 1.21. The van der Waals surface area contributed by atoms with Gasteiger partial charge in [0.2, 0.25) is 0 Å². The molecule has 3 heteroatoms. The van der Waals surface area contributed by atoms with Gasteiger partial charge in [0.25, 0.3) is 0 Å². The summed E-state index contributed by atoms with van der Waals surface area (Å²) in [5.41, 5.74) is 1.12. The summed E-state index contributed by atoms with van der Waals surface area (Å²) >= 11 is 1.59. The van der Waals surface area contributed by atoms with Crippen molar-refractivity contribution in [2.75, 3.05) is 6.16 Å². The highest BCUT2D eigenvalue weighted by molar-refractivity contribution is 7.23. The molecule has 1 aromatic heterocycles. The molecule has 0 radical (unpaired) electrons. The summed E-state index contributed by atoms with van der Waals surface area (Å²) < 4.78 is 1.20. The van der Waals surface area contributed by atoms with Crippen LogP contribution in [0.5, 0.6) is 0 Å². The molecule has 0 aliphatic rings. The second-order valence-corrected chi connectivity index (χ2v) is 4.64. The number of aryl methyl sites for hydroxylation is 1. The highest BCUT2D eigenvalue weighted by Crippen LogP contribution is 2.30. The molecule has 0 amide bonds. The zero-order valence-electron chi connectivity index (χ0n) is 7.91. The van der Waals surface area contributed by atoms with Crippen molar-refractivity contribution >= 4 is 36.4 Å². The molecule has 1 unspecified atom stereocenters. The molecule has 0 fully saturated rings. The Morgan fingerprint density at radius 1 is 1.43 bits per heavy atom. The van der Waals surface area contributed by atoms with Crippen molar-refractivity contribution < 1.29 is 4.79 Å². The van der Waals surface area contributed by atoms with Crippen LogP contribution in [0.15, 0.2) is 24.3 Å². The fourth-order valence-electron chi connectivity index (χ4n) is 1.53. The topological polar surface area (TPSA) is 17.1 Å². The summed E-state index contributed by atoms with van der Waals surface area (Å²) in [6.45, 7) is 2.02. The number of rotatable bonds is 2. The van der Waals surface area contributed by atoms with Gasteiger partial charge in [-0.1, -0.05) is 18.2 Å². The maximum atomic E-state index is 11.6. The van der Waals surface area contributed by atoms with Crippen LogP contribution in [0.4, 0.5) is 0 Å². The zero-order valence-corrected chi connectivity index (χ0v) is 9.88. The SMILES string of the molecule is Cc1c(C(=O)CP)sc2ccccc12. The van der Waals surface area contributed by atoms with E-state index in [1.165, 1.54) is 10.1 Å². The van der Waals surface area contributed by atoms with Crippen molar-refractivity contribution in [3.63, 3.8) is 0 Å². The minimum absolute atomic E-state index is 0.216. The van der Waals surface area contributed by atoms with Gasteiger partial charge in [0, 0.05) is 10.9 Å². The Morgan fingerprint density at radius 2 is 2.14 bits per heavy atom. The highest BCUT2D eigenvalue weighted by atomic mass is 32.1. The summed E-state index contributed by atoms with van der Waals surface area (Å²) in [6, 6.07) is 8.15. The van der Waals surface area contributed by atoms with Gasteiger partial charge in [-0.15, -0.1) is 20.6 Å². The average Bonchev–Trinajstić information content (AvgIpc) is 2.56. The largest absolute Gasteiger partial charge is 0.293 e. The number of Topliss-reactive ketones (excluding diaryl/α,β-unsaturated/α-hetero) is 1. The Kier molecular flexibility index (Phi) is 2.66. The third kappa shape index (κ3) is 1.49. The molecule has 1 aromatic carbocycles. The first-order valence-electron chi connectivity index (χ1n) is 4.45. The van der Waals surface area contributed by atoms with Gasteiger partial charge < -0.3 is 0 Å². The molecule has 0 spiro atoms. The van der Waals surface area contributed by atoms with Gasteiger partial charge in [0.05, 0.1) is 4.88 Å². The molecule has 2 rings (SSSR count). The fraction of sp³-hybridized carbons (Fsp3) is 0.182. The van der Waals surface area contributed by atoms with Crippen molar-refractivity contribution in [1.29, 1.82) is 0 Å². The van der Waals surface area contributed by atoms with E-state index in [9.17, 15) is 4.79 Å². The molecule has 0 saturated heterocycles. The smallest absolute Gasteiger partial charge is 0.176 e. The average molecular weight is 222 g/mol. The molecule has 0 aliphatic heterocycles. The zero-order chi connectivity index (χ0) is 10.1. The van der Waals surface area contributed by atoms with Gasteiger partial charge in [-0.3, -0.25) is 4.79 Å². The number of hydrogen-bond acceptors (Lipinski definition) is 2. The predicted octanol–water partition coefficient (Wildman–Crippen LogP) is 3.27. The van der Waals surface area contributed by atoms with Crippen molar-refractivity contribution in [3.05, 3.63) is 34.7 Å². The van der Waals surface area contributed by atoms with Gasteiger partial charge >= 0.3 is 0 Å². The molecule has 0 aliphatic carbocycles. The monoisotopic (exact) mass is 222 g/mol. The van der Waals surface area contributed by atoms with Gasteiger partial charge in [-0.05, 0) is 23.9 Å². The number of ketones is 1. The summed E-state index contributed by atoms with van der Waals surface area (Å²) in [6.07, 6.45) is 0.508. The maximum absolute atomic E-state index is 11.6. The second-order valence-electron chi connectivity index (χ2n) is 3.18. The van der Waals surface area contributed by atoms with Crippen LogP contribution in [-0.2, 0) is 0 Å². The molecule has 0 saturated carbocycles. The van der Waals surface area contributed by atoms with E-state index in [0.29, 0.717) is 6.16 Å². The van der Waals surface area contributed by atoms with E-state index in [2.05, 4.69) is 21.4 Å². The number of fused-ring (bicyclic) bond motifs is 1. The quantitative estimate of drug-likeness (QED) is 0.563. The highest BCUT2D eigenvalue weighted by Gasteiger charge is 2.12. The van der Waals surface area contributed by atoms with Crippen molar-refractivity contribution in [3.8, 4) is 0 Å². The van der Waals surface area contributed by atoms with Crippen LogP contribution in [0.3, 0.4) is 0 Å². The van der Waals surface area contributed by atoms with Gasteiger partial charge in [0.1, 0.15) is 0 Å². The second kappa shape index (κ2) is 3.80. The summed E-state index contributed by atoms with van der Waals surface area (Å²) in [5.74, 6) is 0.216. The van der Waals surface area contributed by atoms with Crippen molar-refractivity contribution in [2.45, 2.75) is 6.92 Å². The van der Waals surface area contributed by atoms with Crippen LogP contribution in [-0.4, -0.2) is 11.9 Å². The molecule has 14 heavy (non-hydrogen) atoms. The molecule has 2 aromatic rings. The molecular formula is C11H11OPS. The van der Waals surface area contributed by atoms with E-state index in [1.807, 2.05) is 19.1 Å². The lowest BCUT2D eigenvalue weighted by Gasteiger charge is -1.93. The van der Waals surface area contributed by atoms with E-state index < -0.39 is 0 Å².